The Balaban J connectivity index is 1.99. The number of benzene rings is 1. The number of carbonyl (C=O) groups is 2. The zero-order valence-corrected chi connectivity index (χ0v) is 10.9. The average Bonchev–Trinajstić information content (AvgIpc) is 2.91. The summed E-state index contributed by atoms with van der Waals surface area (Å²) in [4.78, 5) is 25.0. The number of hydrogen-bond donors (Lipinski definition) is 2. The van der Waals surface area contributed by atoms with Crippen LogP contribution in [-0.4, -0.2) is 33.8 Å². The highest BCUT2D eigenvalue weighted by molar-refractivity contribution is 6.08. The SMILES string of the molecule is Nc1nonc1C(=O)N1CCCc2cc(C(=O)O)ccc21. The van der Waals surface area contributed by atoms with E-state index in [4.69, 9.17) is 10.8 Å². The molecule has 1 aromatic heterocycles. The number of nitrogens with zero attached hydrogens (tertiary/aromatic N) is 3. The highest BCUT2D eigenvalue weighted by Crippen LogP contribution is 2.29. The number of amides is 1. The number of carboxylic acid groups (broad SMARTS) is 1. The zero-order valence-electron chi connectivity index (χ0n) is 10.9. The van der Waals surface area contributed by atoms with Crippen LogP contribution in [0, 0.1) is 0 Å². The predicted octanol–water partition coefficient (Wildman–Crippen LogP) is 0.943. The molecule has 3 N–H and O–H groups in total. The molecule has 0 atom stereocenters. The van der Waals surface area contributed by atoms with Gasteiger partial charge in [-0.15, -0.1) is 0 Å². The van der Waals surface area contributed by atoms with Crippen molar-refractivity contribution >= 4 is 23.4 Å². The highest BCUT2D eigenvalue weighted by atomic mass is 16.6. The van der Waals surface area contributed by atoms with Gasteiger partial charge < -0.3 is 15.7 Å². The molecule has 21 heavy (non-hydrogen) atoms. The molecular weight excluding hydrogens is 276 g/mol. The van der Waals surface area contributed by atoms with E-state index in [0.29, 0.717) is 18.7 Å². The van der Waals surface area contributed by atoms with Crippen LogP contribution in [0.5, 0.6) is 0 Å². The summed E-state index contributed by atoms with van der Waals surface area (Å²) in [5.41, 5.74) is 7.18. The first kappa shape index (κ1) is 13.1. The molecule has 0 bridgehead atoms. The molecule has 1 aliphatic heterocycles. The third-order valence-corrected chi connectivity index (χ3v) is 3.41. The maximum absolute atomic E-state index is 12.4. The van der Waals surface area contributed by atoms with Crippen LogP contribution in [0.15, 0.2) is 22.8 Å². The van der Waals surface area contributed by atoms with Gasteiger partial charge in [-0.25, -0.2) is 9.42 Å². The maximum atomic E-state index is 12.4. The molecular formula is C13H12N4O4. The molecule has 3 rings (SSSR count). The normalized spacial score (nSPS) is 13.8. The van der Waals surface area contributed by atoms with E-state index in [1.807, 2.05) is 0 Å². The monoisotopic (exact) mass is 288 g/mol. The minimum absolute atomic E-state index is 0.0369. The Morgan fingerprint density at radius 1 is 1.33 bits per heavy atom. The second kappa shape index (κ2) is 4.89. The molecule has 8 nitrogen and oxygen atoms in total. The molecule has 0 saturated heterocycles. The van der Waals surface area contributed by atoms with E-state index < -0.39 is 11.9 Å². The average molecular weight is 288 g/mol. The Hall–Kier alpha value is -2.90. The number of aryl methyl sites for hydroxylation is 1. The summed E-state index contributed by atoms with van der Waals surface area (Å²) >= 11 is 0. The van der Waals surface area contributed by atoms with Gasteiger partial charge >= 0.3 is 5.97 Å². The van der Waals surface area contributed by atoms with Crippen LogP contribution in [0.3, 0.4) is 0 Å². The van der Waals surface area contributed by atoms with Crippen LogP contribution in [-0.2, 0) is 6.42 Å². The number of carbonyl (C=O) groups excluding carboxylic acids is 1. The first-order valence-electron chi connectivity index (χ1n) is 6.34. The number of hydrogen-bond acceptors (Lipinski definition) is 6. The van der Waals surface area contributed by atoms with Crippen molar-refractivity contribution in [2.24, 2.45) is 0 Å². The summed E-state index contributed by atoms with van der Waals surface area (Å²) in [6.07, 6.45) is 1.44. The first-order valence-corrected chi connectivity index (χ1v) is 6.34. The van der Waals surface area contributed by atoms with Gasteiger partial charge in [0, 0.05) is 12.2 Å². The summed E-state index contributed by atoms with van der Waals surface area (Å²) in [6.45, 7) is 0.505. The standard InChI is InChI=1S/C13H12N4O4/c14-11-10(15-21-16-11)12(18)17-5-1-2-7-6-8(13(19)20)3-4-9(7)17/h3-4,6H,1-2,5H2,(H2,14,16)(H,19,20). The number of rotatable bonds is 2. The first-order chi connectivity index (χ1) is 10.1. The minimum Gasteiger partial charge on any atom is -0.478 e. The van der Waals surface area contributed by atoms with Crippen LogP contribution in [0.4, 0.5) is 11.5 Å². The molecule has 1 aromatic carbocycles. The van der Waals surface area contributed by atoms with Crippen molar-refractivity contribution < 1.29 is 19.3 Å². The number of aromatic carboxylic acids is 1. The van der Waals surface area contributed by atoms with Gasteiger partial charge in [-0.1, -0.05) is 0 Å². The van der Waals surface area contributed by atoms with Gasteiger partial charge in [0.1, 0.15) is 0 Å². The molecule has 2 heterocycles. The Labute approximate surface area is 119 Å². The van der Waals surface area contributed by atoms with Gasteiger partial charge in [-0.05, 0) is 46.9 Å². The van der Waals surface area contributed by atoms with Crippen LogP contribution in [0.2, 0.25) is 0 Å². The molecule has 108 valence electrons. The van der Waals surface area contributed by atoms with E-state index in [1.165, 1.54) is 11.0 Å². The number of fused-ring (bicyclic) bond motifs is 1. The lowest BCUT2D eigenvalue weighted by Crippen LogP contribution is -2.36. The van der Waals surface area contributed by atoms with Crippen molar-refractivity contribution in [3.8, 4) is 0 Å². The fourth-order valence-corrected chi connectivity index (χ4v) is 2.41. The molecule has 8 heteroatoms. The number of nitrogens with two attached hydrogens (primary N) is 1. The summed E-state index contributed by atoms with van der Waals surface area (Å²) in [6, 6.07) is 4.68. The summed E-state index contributed by atoms with van der Waals surface area (Å²) in [5.74, 6) is -1.46. The van der Waals surface area contributed by atoms with E-state index in [2.05, 4.69) is 14.9 Å². The van der Waals surface area contributed by atoms with Crippen molar-refractivity contribution in [3.05, 3.63) is 35.0 Å². The Morgan fingerprint density at radius 3 is 2.81 bits per heavy atom. The van der Waals surface area contributed by atoms with Crippen LogP contribution < -0.4 is 10.6 Å². The van der Waals surface area contributed by atoms with Crippen LogP contribution in [0.1, 0.15) is 32.8 Å². The molecule has 0 fully saturated rings. The molecule has 1 amide bonds. The predicted molar refractivity (Wildman–Crippen MR) is 72.1 cm³/mol. The quantitative estimate of drug-likeness (QED) is 0.843. The van der Waals surface area contributed by atoms with Crippen molar-refractivity contribution in [2.45, 2.75) is 12.8 Å². The molecule has 0 unspecified atom stereocenters. The van der Waals surface area contributed by atoms with Crippen molar-refractivity contribution in [1.82, 2.24) is 10.3 Å². The number of carboxylic acids is 1. The van der Waals surface area contributed by atoms with Gasteiger partial charge in [0.05, 0.1) is 5.56 Å². The molecule has 1 aliphatic rings. The summed E-state index contributed by atoms with van der Waals surface area (Å²) in [7, 11) is 0. The largest absolute Gasteiger partial charge is 0.478 e. The molecule has 0 radical (unpaired) electrons. The smallest absolute Gasteiger partial charge is 0.335 e. The molecule has 0 aliphatic carbocycles. The highest BCUT2D eigenvalue weighted by Gasteiger charge is 2.28. The third kappa shape index (κ3) is 2.20. The lowest BCUT2D eigenvalue weighted by atomic mass is 9.99. The van der Waals surface area contributed by atoms with Crippen LogP contribution in [0.25, 0.3) is 0 Å². The van der Waals surface area contributed by atoms with Gasteiger partial charge in [-0.3, -0.25) is 4.79 Å². The van der Waals surface area contributed by atoms with E-state index in [0.717, 1.165) is 12.0 Å². The van der Waals surface area contributed by atoms with E-state index >= 15 is 0 Å². The molecule has 0 spiro atoms. The summed E-state index contributed by atoms with van der Waals surface area (Å²) < 4.78 is 4.45. The van der Waals surface area contributed by atoms with Crippen molar-refractivity contribution in [1.29, 1.82) is 0 Å². The zero-order chi connectivity index (χ0) is 15.0. The van der Waals surface area contributed by atoms with Gasteiger partial charge in [0.25, 0.3) is 5.91 Å². The lowest BCUT2D eigenvalue weighted by molar-refractivity contribution is 0.0696. The molecule has 0 saturated carbocycles. The van der Waals surface area contributed by atoms with Gasteiger partial charge in [0.15, 0.2) is 0 Å². The van der Waals surface area contributed by atoms with E-state index in [1.54, 1.807) is 12.1 Å². The van der Waals surface area contributed by atoms with Crippen molar-refractivity contribution in [3.63, 3.8) is 0 Å². The fourth-order valence-electron chi connectivity index (χ4n) is 2.41. The summed E-state index contributed by atoms with van der Waals surface area (Å²) in [5, 5.41) is 15.9. The molecule has 2 aromatic rings. The fraction of sp³-hybridized carbons (Fsp3) is 0.231. The Bertz CT molecular complexity index is 725. The van der Waals surface area contributed by atoms with E-state index in [9.17, 15) is 9.59 Å². The minimum atomic E-state index is -0.994. The Morgan fingerprint density at radius 2 is 2.14 bits per heavy atom. The second-order valence-electron chi connectivity index (χ2n) is 4.71. The topological polar surface area (TPSA) is 123 Å². The number of aromatic nitrogens is 2. The third-order valence-electron chi connectivity index (χ3n) is 3.41. The second-order valence-corrected chi connectivity index (χ2v) is 4.71. The Kier molecular flexibility index (Phi) is 3.05. The van der Waals surface area contributed by atoms with Gasteiger partial charge in [-0.2, -0.15) is 0 Å². The van der Waals surface area contributed by atoms with Crippen molar-refractivity contribution in [2.75, 3.05) is 17.2 Å². The number of anilines is 2. The lowest BCUT2D eigenvalue weighted by Gasteiger charge is -2.29. The van der Waals surface area contributed by atoms with E-state index in [-0.39, 0.29) is 17.1 Å². The number of nitrogen functional groups attached to an aromatic ring is 1. The van der Waals surface area contributed by atoms with Crippen LogP contribution >= 0.6 is 0 Å². The van der Waals surface area contributed by atoms with Gasteiger partial charge in [0.2, 0.25) is 11.5 Å². The maximum Gasteiger partial charge on any atom is 0.335 e.